The second-order valence-corrected chi connectivity index (χ2v) is 7.62. The van der Waals surface area contributed by atoms with Crippen LogP contribution in [0.3, 0.4) is 0 Å². The van der Waals surface area contributed by atoms with Gasteiger partial charge in [0.2, 0.25) is 0 Å². The maximum Gasteiger partial charge on any atom is 0.251 e. The summed E-state index contributed by atoms with van der Waals surface area (Å²) in [4.78, 5) is 15.2. The summed E-state index contributed by atoms with van der Waals surface area (Å²) in [7, 11) is 3.18. The molecule has 3 rings (SSSR count). The Morgan fingerprint density at radius 1 is 1.04 bits per heavy atom. The molecule has 1 aromatic carbocycles. The predicted molar refractivity (Wildman–Crippen MR) is 103 cm³/mol. The maximum atomic E-state index is 12.6. The molecule has 1 amide bonds. The monoisotopic (exact) mass is 360 g/mol. The second-order valence-electron chi connectivity index (χ2n) is 7.62. The van der Waals surface area contributed by atoms with Crippen LogP contribution in [0, 0.1) is 5.92 Å². The lowest BCUT2D eigenvalue weighted by Gasteiger charge is -2.35. The van der Waals surface area contributed by atoms with E-state index >= 15 is 0 Å². The number of hydrogen-bond donors (Lipinski definition) is 1. The highest BCUT2D eigenvalue weighted by atomic mass is 16.5. The quantitative estimate of drug-likeness (QED) is 0.844. The van der Waals surface area contributed by atoms with E-state index < -0.39 is 0 Å². The van der Waals surface area contributed by atoms with Crippen molar-refractivity contribution in [3.05, 3.63) is 23.8 Å². The smallest absolute Gasteiger partial charge is 0.251 e. The summed E-state index contributed by atoms with van der Waals surface area (Å²) in [5.74, 6) is 2.08. The highest BCUT2D eigenvalue weighted by molar-refractivity contribution is 5.95. The molecule has 1 N–H and O–H groups in total. The first-order chi connectivity index (χ1) is 12.7. The molecular weight excluding hydrogens is 328 g/mol. The minimum Gasteiger partial charge on any atom is -0.493 e. The van der Waals surface area contributed by atoms with Crippen LogP contribution in [0.2, 0.25) is 0 Å². The molecule has 5 nitrogen and oxygen atoms in total. The lowest BCUT2D eigenvalue weighted by molar-refractivity contribution is 0.0901. The number of carbonyl (C=O) groups is 1. The highest BCUT2D eigenvalue weighted by Crippen LogP contribution is 2.28. The van der Waals surface area contributed by atoms with E-state index in [1.54, 1.807) is 32.4 Å². The molecule has 1 aromatic rings. The van der Waals surface area contributed by atoms with Crippen LogP contribution in [0.15, 0.2) is 18.2 Å². The zero-order chi connectivity index (χ0) is 18.4. The summed E-state index contributed by atoms with van der Waals surface area (Å²) in [5, 5.41) is 3.19. The Labute approximate surface area is 157 Å². The van der Waals surface area contributed by atoms with Crippen molar-refractivity contribution < 1.29 is 14.3 Å². The normalized spacial score (nSPS) is 19.9. The summed E-state index contributed by atoms with van der Waals surface area (Å²) in [6, 6.07) is 5.57. The Hall–Kier alpha value is -1.75. The van der Waals surface area contributed by atoms with Gasteiger partial charge >= 0.3 is 0 Å². The van der Waals surface area contributed by atoms with Crippen molar-refractivity contribution in [3.8, 4) is 11.5 Å². The molecule has 1 aliphatic heterocycles. The lowest BCUT2D eigenvalue weighted by Crippen LogP contribution is -2.45. The predicted octanol–water partition coefficient (Wildman–Crippen LogP) is 3.48. The van der Waals surface area contributed by atoms with Gasteiger partial charge in [0.05, 0.1) is 14.2 Å². The first-order valence-electron chi connectivity index (χ1n) is 9.95. The molecule has 0 aromatic heterocycles. The summed E-state index contributed by atoms with van der Waals surface area (Å²) in [5.41, 5.74) is 0.618. The third kappa shape index (κ3) is 4.91. The second kappa shape index (κ2) is 9.26. The SMILES string of the molecule is COc1ccc(C(=O)NC2CCN(CC3CCCCC3)CC2)cc1OC. The maximum absolute atomic E-state index is 12.6. The van der Waals surface area contributed by atoms with E-state index in [2.05, 4.69) is 10.2 Å². The Morgan fingerprint density at radius 2 is 1.73 bits per heavy atom. The van der Waals surface area contributed by atoms with Gasteiger partial charge in [-0.05, 0) is 49.8 Å². The number of carbonyl (C=O) groups excluding carboxylic acids is 1. The number of nitrogens with one attached hydrogen (secondary N) is 1. The van der Waals surface area contributed by atoms with Crippen molar-refractivity contribution >= 4 is 5.91 Å². The summed E-state index contributed by atoms with van der Waals surface area (Å²) in [6.45, 7) is 3.43. The van der Waals surface area contributed by atoms with Crippen LogP contribution in [0.5, 0.6) is 11.5 Å². The van der Waals surface area contributed by atoms with E-state index in [9.17, 15) is 4.79 Å². The van der Waals surface area contributed by atoms with Gasteiger partial charge in [0.15, 0.2) is 11.5 Å². The molecule has 2 aliphatic rings. The van der Waals surface area contributed by atoms with Crippen LogP contribution in [-0.2, 0) is 0 Å². The van der Waals surface area contributed by atoms with E-state index in [4.69, 9.17) is 9.47 Å². The number of hydrogen-bond acceptors (Lipinski definition) is 4. The molecular formula is C21H32N2O3. The largest absolute Gasteiger partial charge is 0.493 e. The van der Waals surface area contributed by atoms with Gasteiger partial charge in [-0.25, -0.2) is 0 Å². The van der Waals surface area contributed by atoms with E-state index in [0.717, 1.165) is 31.8 Å². The van der Waals surface area contributed by atoms with Crippen molar-refractivity contribution in [2.45, 2.75) is 51.0 Å². The van der Waals surface area contributed by atoms with Gasteiger partial charge in [0, 0.05) is 31.2 Å². The van der Waals surface area contributed by atoms with Crippen LogP contribution in [-0.4, -0.2) is 50.7 Å². The van der Waals surface area contributed by atoms with Gasteiger partial charge in [-0.15, -0.1) is 0 Å². The van der Waals surface area contributed by atoms with Gasteiger partial charge in [-0.3, -0.25) is 4.79 Å². The van der Waals surface area contributed by atoms with Crippen molar-refractivity contribution in [2.75, 3.05) is 33.9 Å². The minimum atomic E-state index is -0.0308. The third-order valence-corrected chi connectivity index (χ3v) is 5.81. The van der Waals surface area contributed by atoms with Crippen molar-refractivity contribution in [1.29, 1.82) is 0 Å². The number of amides is 1. The highest BCUT2D eigenvalue weighted by Gasteiger charge is 2.24. The fraction of sp³-hybridized carbons (Fsp3) is 0.667. The molecule has 2 fully saturated rings. The Balaban J connectivity index is 1.47. The first-order valence-corrected chi connectivity index (χ1v) is 9.95. The van der Waals surface area contributed by atoms with Gasteiger partial charge in [-0.1, -0.05) is 19.3 Å². The molecule has 0 bridgehead atoms. The number of ether oxygens (including phenoxy) is 2. The van der Waals surface area contributed by atoms with Crippen LogP contribution >= 0.6 is 0 Å². The van der Waals surface area contributed by atoms with Crippen molar-refractivity contribution in [2.24, 2.45) is 5.92 Å². The number of nitrogens with zero attached hydrogens (tertiary/aromatic N) is 1. The molecule has 0 radical (unpaired) electrons. The number of methoxy groups -OCH3 is 2. The number of piperidine rings is 1. The Bertz CT molecular complexity index is 591. The fourth-order valence-corrected chi connectivity index (χ4v) is 4.24. The van der Waals surface area contributed by atoms with Gasteiger partial charge < -0.3 is 19.7 Å². The number of likely N-dealkylation sites (tertiary alicyclic amines) is 1. The van der Waals surface area contributed by atoms with E-state index in [0.29, 0.717) is 17.1 Å². The molecule has 1 saturated heterocycles. The van der Waals surface area contributed by atoms with Crippen molar-refractivity contribution in [3.63, 3.8) is 0 Å². The topological polar surface area (TPSA) is 50.8 Å². The molecule has 144 valence electrons. The molecule has 1 aliphatic carbocycles. The lowest BCUT2D eigenvalue weighted by atomic mass is 9.88. The van der Waals surface area contributed by atoms with E-state index in [-0.39, 0.29) is 11.9 Å². The summed E-state index contributed by atoms with van der Waals surface area (Å²) >= 11 is 0. The molecule has 1 heterocycles. The third-order valence-electron chi connectivity index (χ3n) is 5.81. The summed E-state index contributed by atoms with van der Waals surface area (Å²) in [6.07, 6.45) is 9.09. The van der Waals surface area contributed by atoms with Gasteiger partial charge in [0.25, 0.3) is 5.91 Å². The van der Waals surface area contributed by atoms with E-state index in [1.807, 2.05) is 0 Å². The van der Waals surface area contributed by atoms with Gasteiger partial charge in [-0.2, -0.15) is 0 Å². The molecule has 0 atom stereocenters. The fourth-order valence-electron chi connectivity index (χ4n) is 4.24. The zero-order valence-electron chi connectivity index (χ0n) is 16.1. The number of benzene rings is 1. The molecule has 26 heavy (non-hydrogen) atoms. The standard InChI is InChI=1S/C21H32N2O3/c1-25-19-9-8-17(14-20(19)26-2)21(24)22-18-10-12-23(13-11-18)15-16-6-4-3-5-7-16/h8-9,14,16,18H,3-7,10-13,15H2,1-2H3,(H,22,24). The zero-order valence-corrected chi connectivity index (χ0v) is 16.1. The summed E-state index contributed by atoms with van der Waals surface area (Å²) < 4.78 is 10.5. The van der Waals surface area contributed by atoms with Crippen LogP contribution in [0.4, 0.5) is 0 Å². The molecule has 5 heteroatoms. The Morgan fingerprint density at radius 3 is 2.38 bits per heavy atom. The average molecular weight is 360 g/mol. The van der Waals surface area contributed by atoms with Crippen LogP contribution in [0.25, 0.3) is 0 Å². The van der Waals surface area contributed by atoms with E-state index in [1.165, 1.54) is 38.6 Å². The number of rotatable bonds is 6. The van der Waals surface area contributed by atoms with Crippen LogP contribution < -0.4 is 14.8 Å². The van der Waals surface area contributed by atoms with Crippen molar-refractivity contribution in [1.82, 2.24) is 10.2 Å². The molecule has 1 saturated carbocycles. The molecule has 0 spiro atoms. The minimum absolute atomic E-state index is 0.0308. The van der Waals surface area contributed by atoms with Gasteiger partial charge in [0.1, 0.15) is 0 Å². The first kappa shape index (κ1) is 19.0. The average Bonchev–Trinajstić information content (AvgIpc) is 2.69. The molecule has 0 unspecified atom stereocenters. The Kier molecular flexibility index (Phi) is 6.78. The van der Waals surface area contributed by atoms with Crippen LogP contribution in [0.1, 0.15) is 55.3 Å².